The Hall–Kier alpha value is -0.340. The molecule has 0 aliphatic carbocycles. The van der Waals surface area contributed by atoms with Gasteiger partial charge < -0.3 is 9.47 Å². The summed E-state index contributed by atoms with van der Waals surface area (Å²) in [5.41, 5.74) is -0.190. The Bertz CT molecular complexity index is 108. The Morgan fingerprint density at radius 1 is 1.45 bits per heavy atom. The lowest BCUT2D eigenvalue weighted by molar-refractivity contribution is -0.0623. The van der Waals surface area contributed by atoms with Gasteiger partial charge in [0.1, 0.15) is 0 Å². The molecule has 0 bridgehead atoms. The monoisotopic (exact) mass is 158 g/mol. The SMILES string of the molecule is C=CCOC(C)(C)COCC. The molecule has 0 aliphatic heterocycles. The van der Waals surface area contributed by atoms with Crippen LogP contribution in [0.5, 0.6) is 0 Å². The Kier molecular flexibility index (Phi) is 5.16. The van der Waals surface area contributed by atoms with Crippen molar-refractivity contribution in [2.24, 2.45) is 0 Å². The molecule has 0 saturated heterocycles. The van der Waals surface area contributed by atoms with Gasteiger partial charge in [0.2, 0.25) is 0 Å². The number of hydrogen-bond acceptors (Lipinski definition) is 2. The molecule has 0 N–H and O–H groups in total. The third kappa shape index (κ3) is 6.07. The molecular formula is C9H18O2. The molecule has 0 aromatic rings. The van der Waals surface area contributed by atoms with Gasteiger partial charge in [0.25, 0.3) is 0 Å². The highest BCUT2D eigenvalue weighted by Crippen LogP contribution is 2.08. The van der Waals surface area contributed by atoms with Crippen LogP contribution in [-0.4, -0.2) is 25.4 Å². The highest BCUT2D eigenvalue weighted by atomic mass is 16.5. The minimum absolute atomic E-state index is 0.190. The van der Waals surface area contributed by atoms with Gasteiger partial charge in [-0.25, -0.2) is 0 Å². The van der Waals surface area contributed by atoms with Crippen LogP contribution < -0.4 is 0 Å². The van der Waals surface area contributed by atoms with Crippen LogP contribution in [0.2, 0.25) is 0 Å². The Labute approximate surface area is 69.2 Å². The van der Waals surface area contributed by atoms with E-state index in [1.165, 1.54) is 0 Å². The maximum Gasteiger partial charge on any atom is 0.0863 e. The summed E-state index contributed by atoms with van der Waals surface area (Å²) in [4.78, 5) is 0. The normalized spacial score (nSPS) is 11.5. The Balaban J connectivity index is 3.51. The zero-order valence-corrected chi connectivity index (χ0v) is 7.72. The highest BCUT2D eigenvalue weighted by Gasteiger charge is 2.16. The highest BCUT2D eigenvalue weighted by molar-refractivity contribution is 4.72. The fourth-order valence-corrected chi connectivity index (χ4v) is 0.674. The second-order valence-electron chi connectivity index (χ2n) is 3.00. The fourth-order valence-electron chi connectivity index (χ4n) is 0.674. The van der Waals surface area contributed by atoms with E-state index in [9.17, 15) is 0 Å². The van der Waals surface area contributed by atoms with Gasteiger partial charge in [-0.1, -0.05) is 6.08 Å². The van der Waals surface area contributed by atoms with E-state index in [-0.39, 0.29) is 5.60 Å². The molecular weight excluding hydrogens is 140 g/mol. The van der Waals surface area contributed by atoms with Crippen molar-refractivity contribution in [2.75, 3.05) is 19.8 Å². The molecule has 0 spiro atoms. The van der Waals surface area contributed by atoms with Crippen LogP contribution in [0.1, 0.15) is 20.8 Å². The summed E-state index contributed by atoms with van der Waals surface area (Å²) in [6, 6.07) is 0. The van der Waals surface area contributed by atoms with E-state index in [1.807, 2.05) is 20.8 Å². The fraction of sp³-hybridized carbons (Fsp3) is 0.778. The first kappa shape index (κ1) is 10.7. The van der Waals surface area contributed by atoms with Crippen molar-refractivity contribution < 1.29 is 9.47 Å². The maximum absolute atomic E-state index is 5.44. The molecule has 0 saturated carbocycles. The zero-order valence-electron chi connectivity index (χ0n) is 7.72. The van der Waals surface area contributed by atoms with Crippen molar-refractivity contribution >= 4 is 0 Å². The van der Waals surface area contributed by atoms with Gasteiger partial charge in [0.05, 0.1) is 18.8 Å². The minimum atomic E-state index is -0.190. The quantitative estimate of drug-likeness (QED) is 0.550. The molecule has 2 heteroatoms. The van der Waals surface area contributed by atoms with E-state index < -0.39 is 0 Å². The molecule has 0 aliphatic rings. The van der Waals surface area contributed by atoms with E-state index in [4.69, 9.17) is 9.47 Å². The van der Waals surface area contributed by atoms with Crippen LogP contribution in [0.4, 0.5) is 0 Å². The zero-order chi connectivity index (χ0) is 8.74. The van der Waals surface area contributed by atoms with Gasteiger partial charge in [-0.15, -0.1) is 6.58 Å². The van der Waals surface area contributed by atoms with Crippen LogP contribution in [0.15, 0.2) is 12.7 Å². The van der Waals surface area contributed by atoms with Crippen molar-refractivity contribution in [3.8, 4) is 0 Å². The molecule has 0 radical (unpaired) electrons. The lowest BCUT2D eigenvalue weighted by atomic mass is 10.1. The molecule has 0 aromatic heterocycles. The minimum Gasteiger partial charge on any atom is -0.379 e. The molecule has 0 atom stereocenters. The van der Waals surface area contributed by atoms with Gasteiger partial charge in [0.15, 0.2) is 0 Å². The molecule has 11 heavy (non-hydrogen) atoms. The third-order valence-electron chi connectivity index (χ3n) is 1.25. The smallest absolute Gasteiger partial charge is 0.0863 e. The summed E-state index contributed by atoms with van der Waals surface area (Å²) in [7, 11) is 0. The molecule has 0 unspecified atom stereocenters. The largest absolute Gasteiger partial charge is 0.379 e. The van der Waals surface area contributed by atoms with Gasteiger partial charge in [-0.05, 0) is 20.8 Å². The van der Waals surface area contributed by atoms with Gasteiger partial charge in [-0.3, -0.25) is 0 Å². The van der Waals surface area contributed by atoms with E-state index in [2.05, 4.69) is 6.58 Å². The third-order valence-corrected chi connectivity index (χ3v) is 1.25. The Morgan fingerprint density at radius 3 is 2.55 bits per heavy atom. The molecule has 0 fully saturated rings. The first-order chi connectivity index (χ1) is 5.12. The number of hydrogen-bond donors (Lipinski definition) is 0. The maximum atomic E-state index is 5.44. The van der Waals surface area contributed by atoms with Crippen LogP contribution >= 0.6 is 0 Å². The molecule has 2 nitrogen and oxygen atoms in total. The molecule has 0 heterocycles. The average Bonchev–Trinajstić information content (AvgIpc) is 1.97. The van der Waals surface area contributed by atoms with Crippen molar-refractivity contribution in [3.63, 3.8) is 0 Å². The summed E-state index contributed by atoms with van der Waals surface area (Å²) in [5.74, 6) is 0. The molecule has 0 amide bonds. The molecule has 0 aromatic carbocycles. The molecule has 0 rings (SSSR count). The van der Waals surface area contributed by atoms with Crippen molar-refractivity contribution in [1.82, 2.24) is 0 Å². The van der Waals surface area contributed by atoms with Crippen molar-refractivity contribution in [3.05, 3.63) is 12.7 Å². The standard InChI is InChI=1S/C9H18O2/c1-5-7-11-9(3,4)8-10-6-2/h5H,1,6-8H2,2-4H3. The summed E-state index contributed by atoms with van der Waals surface area (Å²) in [5, 5.41) is 0. The van der Waals surface area contributed by atoms with Gasteiger partial charge >= 0.3 is 0 Å². The summed E-state index contributed by atoms with van der Waals surface area (Å²) in [6.07, 6.45) is 1.74. The lowest BCUT2D eigenvalue weighted by Gasteiger charge is -2.23. The van der Waals surface area contributed by atoms with Crippen molar-refractivity contribution in [1.29, 1.82) is 0 Å². The van der Waals surface area contributed by atoms with Crippen LogP contribution in [0, 0.1) is 0 Å². The van der Waals surface area contributed by atoms with Gasteiger partial charge in [0, 0.05) is 6.61 Å². The first-order valence-corrected chi connectivity index (χ1v) is 3.95. The Morgan fingerprint density at radius 2 is 2.09 bits per heavy atom. The van der Waals surface area contributed by atoms with Crippen LogP contribution in [0.3, 0.4) is 0 Å². The summed E-state index contributed by atoms with van der Waals surface area (Å²) in [6.45, 7) is 11.5. The van der Waals surface area contributed by atoms with E-state index in [1.54, 1.807) is 6.08 Å². The number of rotatable bonds is 6. The van der Waals surface area contributed by atoms with Crippen LogP contribution in [-0.2, 0) is 9.47 Å². The predicted molar refractivity (Wildman–Crippen MR) is 46.7 cm³/mol. The predicted octanol–water partition coefficient (Wildman–Crippen LogP) is 2.00. The lowest BCUT2D eigenvalue weighted by Crippen LogP contribution is -2.30. The van der Waals surface area contributed by atoms with Gasteiger partial charge in [-0.2, -0.15) is 0 Å². The van der Waals surface area contributed by atoms with E-state index >= 15 is 0 Å². The first-order valence-electron chi connectivity index (χ1n) is 3.95. The summed E-state index contributed by atoms with van der Waals surface area (Å²) < 4.78 is 10.7. The van der Waals surface area contributed by atoms with E-state index in [0.29, 0.717) is 13.2 Å². The number of ether oxygens (including phenoxy) is 2. The van der Waals surface area contributed by atoms with Crippen LogP contribution in [0.25, 0.3) is 0 Å². The second kappa shape index (κ2) is 5.33. The average molecular weight is 158 g/mol. The molecule has 66 valence electrons. The summed E-state index contributed by atoms with van der Waals surface area (Å²) >= 11 is 0. The van der Waals surface area contributed by atoms with Crippen molar-refractivity contribution in [2.45, 2.75) is 26.4 Å². The second-order valence-corrected chi connectivity index (χ2v) is 3.00. The van der Waals surface area contributed by atoms with E-state index in [0.717, 1.165) is 6.61 Å². The topological polar surface area (TPSA) is 18.5 Å².